The van der Waals surface area contributed by atoms with E-state index in [1.54, 1.807) is 6.26 Å². The smallest absolute Gasteiger partial charge is 0.170 e. The van der Waals surface area contributed by atoms with Crippen molar-refractivity contribution in [2.75, 3.05) is 5.32 Å². The number of furan rings is 1. The molecule has 0 spiro atoms. The van der Waals surface area contributed by atoms with E-state index in [0.29, 0.717) is 11.2 Å². The molecule has 0 radical (unpaired) electrons. The Bertz CT molecular complexity index is 534. The molecule has 3 nitrogen and oxygen atoms in total. The monoisotopic (exact) mass is 288 g/mol. The molecule has 1 aromatic heterocycles. The Labute approximate surface area is 125 Å². The van der Waals surface area contributed by atoms with E-state index >= 15 is 0 Å². The van der Waals surface area contributed by atoms with E-state index in [0.717, 1.165) is 24.3 Å². The number of anilines is 1. The van der Waals surface area contributed by atoms with Crippen molar-refractivity contribution in [1.82, 2.24) is 5.32 Å². The second-order valence-corrected chi connectivity index (χ2v) is 5.39. The van der Waals surface area contributed by atoms with Crippen LogP contribution in [0.5, 0.6) is 0 Å². The van der Waals surface area contributed by atoms with Crippen LogP contribution in [0.1, 0.15) is 24.7 Å². The molecule has 0 aliphatic rings. The van der Waals surface area contributed by atoms with Gasteiger partial charge in [0.2, 0.25) is 0 Å². The van der Waals surface area contributed by atoms with Gasteiger partial charge in [0.05, 0.1) is 6.26 Å². The molecule has 4 heteroatoms. The third kappa shape index (κ3) is 4.70. The fourth-order valence-electron chi connectivity index (χ4n) is 1.91. The van der Waals surface area contributed by atoms with Crippen LogP contribution in [0.15, 0.2) is 47.1 Å². The van der Waals surface area contributed by atoms with Crippen LogP contribution in [0.25, 0.3) is 0 Å². The van der Waals surface area contributed by atoms with Crippen molar-refractivity contribution < 1.29 is 4.42 Å². The predicted molar refractivity (Wildman–Crippen MR) is 87.0 cm³/mol. The van der Waals surface area contributed by atoms with Crippen molar-refractivity contribution in [3.8, 4) is 0 Å². The van der Waals surface area contributed by atoms with Crippen LogP contribution in [0.3, 0.4) is 0 Å². The number of rotatable bonds is 5. The van der Waals surface area contributed by atoms with Crippen LogP contribution in [-0.4, -0.2) is 11.2 Å². The Morgan fingerprint density at radius 1 is 1.25 bits per heavy atom. The van der Waals surface area contributed by atoms with Gasteiger partial charge >= 0.3 is 0 Å². The molecule has 1 heterocycles. The lowest BCUT2D eigenvalue weighted by atomic mass is 10.1. The van der Waals surface area contributed by atoms with Gasteiger partial charge in [0.1, 0.15) is 5.76 Å². The van der Waals surface area contributed by atoms with Crippen molar-refractivity contribution >= 4 is 23.0 Å². The first-order valence-electron chi connectivity index (χ1n) is 6.80. The SMILES string of the molecule is Cc1ccc(NC(=S)N[C@@H](C)CCc2ccco2)cc1. The Morgan fingerprint density at radius 2 is 2.00 bits per heavy atom. The van der Waals surface area contributed by atoms with Crippen molar-refractivity contribution in [3.63, 3.8) is 0 Å². The van der Waals surface area contributed by atoms with Gasteiger partial charge in [-0.2, -0.15) is 0 Å². The molecular formula is C16H20N2OS. The minimum Gasteiger partial charge on any atom is -0.469 e. The summed E-state index contributed by atoms with van der Waals surface area (Å²) in [6, 6.07) is 12.4. The minimum atomic E-state index is 0.297. The fraction of sp³-hybridized carbons (Fsp3) is 0.312. The first-order valence-corrected chi connectivity index (χ1v) is 7.21. The number of aryl methyl sites for hydroxylation is 2. The van der Waals surface area contributed by atoms with Crippen LogP contribution in [-0.2, 0) is 6.42 Å². The van der Waals surface area contributed by atoms with Crippen molar-refractivity contribution in [2.45, 2.75) is 32.7 Å². The fourth-order valence-corrected chi connectivity index (χ4v) is 2.23. The number of hydrogen-bond acceptors (Lipinski definition) is 2. The number of benzene rings is 1. The van der Waals surface area contributed by atoms with Crippen LogP contribution in [0.2, 0.25) is 0 Å². The molecule has 0 saturated heterocycles. The summed E-state index contributed by atoms with van der Waals surface area (Å²) in [5.41, 5.74) is 2.24. The molecule has 106 valence electrons. The molecule has 0 amide bonds. The van der Waals surface area contributed by atoms with Crippen molar-refractivity contribution in [1.29, 1.82) is 0 Å². The molecule has 1 atom stereocenters. The summed E-state index contributed by atoms with van der Waals surface area (Å²) < 4.78 is 5.32. The maximum atomic E-state index is 5.32. The highest BCUT2D eigenvalue weighted by molar-refractivity contribution is 7.80. The molecule has 0 aliphatic carbocycles. The second-order valence-electron chi connectivity index (χ2n) is 4.98. The highest BCUT2D eigenvalue weighted by atomic mass is 32.1. The Hall–Kier alpha value is -1.81. The lowest BCUT2D eigenvalue weighted by molar-refractivity contribution is 0.483. The van der Waals surface area contributed by atoms with E-state index in [1.807, 2.05) is 24.3 Å². The molecule has 2 N–H and O–H groups in total. The lowest BCUT2D eigenvalue weighted by Gasteiger charge is -2.16. The third-order valence-electron chi connectivity index (χ3n) is 3.09. The lowest BCUT2D eigenvalue weighted by Crippen LogP contribution is -2.36. The summed E-state index contributed by atoms with van der Waals surface area (Å²) in [7, 11) is 0. The van der Waals surface area contributed by atoms with E-state index in [2.05, 4.69) is 36.6 Å². The summed E-state index contributed by atoms with van der Waals surface area (Å²) in [6.07, 6.45) is 3.59. The summed E-state index contributed by atoms with van der Waals surface area (Å²) in [4.78, 5) is 0. The maximum Gasteiger partial charge on any atom is 0.170 e. The molecule has 0 aliphatic heterocycles. The molecule has 0 bridgehead atoms. The molecule has 0 fully saturated rings. The zero-order chi connectivity index (χ0) is 14.4. The molecule has 2 rings (SSSR count). The van der Waals surface area contributed by atoms with Gasteiger partial charge in [-0.05, 0) is 56.8 Å². The van der Waals surface area contributed by atoms with E-state index in [1.165, 1.54) is 5.56 Å². The Balaban J connectivity index is 1.74. The minimum absolute atomic E-state index is 0.297. The van der Waals surface area contributed by atoms with E-state index in [-0.39, 0.29) is 0 Å². The van der Waals surface area contributed by atoms with E-state index in [9.17, 15) is 0 Å². The van der Waals surface area contributed by atoms with Gasteiger partial charge in [-0.15, -0.1) is 0 Å². The average molecular weight is 288 g/mol. The van der Waals surface area contributed by atoms with Gasteiger partial charge in [-0.25, -0.2) is 0 Å². The molecule has 20 heavy (non-hydrogen) atoms. The zero-order valence-electron chi connectivity index (χ0n) is 11.8. The molecule has 1 aromatic carbocycles. The van der Waals surface area contributed by atoms with Crippen LogP contribution >= 0.6 is 12.2 Å². The standard InChI is InChI=1S/C16H20N2OS/c1-12-5-8-14(9-6-12)18-16(20)17-13(2)7-10-15-4-3-11-19-15/h3-6,8-9,11,13H,7,10H2,1-2H3,(H2,17,18,20)/t13-/m0/s1. The molecule has 2 aromatic rings. The van der Waals surface area contributed by atoms with Gasteiger partial charge in [0.25, 0.3) is 0 Å². The predicted octanol–water partition coefficient (Wildman–Crippen LogP) is 3.90. The van der Waals surface area contributed by atoms with Crippen LogP contribution in [0.4, 0.5) is 5.69 Å². The van der Waals surface area contributed by atoms with Crippen molar-refractivity contribution in [2.24, 2.45) is 0 Å². The average Bonchev–Trinajstić information content (AvgIpc) is 2.92. The second kappa shape index (κ2) is 7.10. The van der Waals surface area contributed by atoms with Crippen LogP contribution < -0.4 is 10.6 Å². The van der Waals surface area contributed by atoms with Gasteiger partial charge in [0, 0.05) is 18.2 Å². The highest BCUT2D eigenvalue weighted by Gasteiger charge is 2.06. The van der Waals surface area contributed by atoms with Gasteiger partial charge < -0.3 is 15.1 Å². The number of hydrogen-bond donors (Lipinski definition) is 2. The molecule has 0 saturated carbocycles. The normalized spacial score (nSPS) is 11.9. The summed E-state index contributed by atoms with van der Waals surface area (Å²) >= 11 is 5.31. The number of nitrogens with one attached hydrogen (secondary N) is 2. The summed E-state index contributed by atoms with van der Waals surface area (Å²) in [5.74, 6) is 1.01. The Kier molecular flexibility index (Phi) is 5.18. The first-order chi connectivity index (χ1) is 9.63. The van der Waals surface area contributed by atoms with Crippen LogP contribution in [0, 0.1) is 6.92 Å². The van der Waals surface area contributed by atoms with Gasteiger partial charge in [0.15, 0.2) is 5.11 Å². The summed E-state index contributed by atoms with van der Waals surface area (Å²) in [5, 5.41) is 7.13. The topological polar surface area (TPSA) is 37.2 Å². The highest BCUT2D eigenvalue weighted by Crippen LogP contribution is 2.09. The van der Waals surface area contributed by atoms with E-state index < -0.39 is 0 Å². The van der Waals surface area contributed by atoms with Gasteiger partial charge in [-0.1, -0.05) is 17.7 Å². The zero-order valence-corrected chi connectivity index (χ0v) is 12.7. The van der Waals surface area contributed by atoms with Gasteiger partial charge in [-0.3, -0.25) is 0 Å². The first kappa shape index (κ1) is 14.6. The summed E-state index contributed by atoms with van der Waals surface area (Å²) in [6.45, 7) is 4.18. The largest absolute Gasteiger partial charge is 0.469 e. The number of thiocarbonyl (C=S) groups is 1. The maximum absolute atomic E-state index is 5.32. The van der Waals surface area contributed by atoms with Crippen molar-refractivity contribution in [3.05, 3.63) is 54.0 Å². The Morgan fingerprint density at radius 3 is 2.65 bits per heavy atom. The van der Waals surface area contributed by atoms with E-state index in [4.69, 9.17) is 16.6 Å². The molecule has 0 unspecified atom stereocenters. The molecular weight excluding hydrogens is 268 g/mol. The third-order valence-corrected chi connectivity index (χ3v) is 3.31. The quantitative estimate of drug-likeness (QED) is 0.818.